The van der Waals surface area contributed by atoms with E-state index in [0.717, 1.165) is 6.07 Å². The number of para-hydroxylation sites is 2. The van der Waals surface area contributed by atoms with Crippen LogP contribution in [0.15, 0.2) is 59.5 Å². The van der Waals surface area contributed by atoms with Gasteiger partial charge in [-0.3, -0.25) is 0 Å². The first-order chi connectivity index (χ1) is 8.07. The fraction of sp³-hybridized carbons (Fsp3) is 0. The zero-order valence-corrected chi connectivity index (χ0v) is 9.52. The maximum absolute atomic E-state index is 13.0. The second-order valence-electron chi connectivity index (χ2n) is 3.30. The molecule has 0 heterocycles. The molecule has 0 radical (unpaired) electrons. The number of ether oxygens (including phenoxy) is 1. The average molecular weight is 252 g/mol. The van der Waals surface area contributed by atoms with E-state index in [1.807, 2.05) is 0 Å². The molecule has 0 aliphatic carbocycles. The third-order valence-corrected chi connectivity index (χ3v) is 2.95. The molecule has 17 heavy (non-hydrogen) atoms. The largest absolute Gasteiger partial charge is 0.456 e. The van der Waals surface area contributed by atoms with Gasteiger partial charge in [-0.1, -0.05) is 30.3 Å². The SMILES string of the molecule is O=S(=O)(F)c1ccccc1Oc1ccccc1. The Kier molecular flexibility index (Phi) is 3.10. The van der Waals surface area contributed by atoms with E-state index in [1.54, 1.807) is 36.4 Å². The van der Waals surface area contributed by atoms with Gasteiger partial charge in [0.2, 0.25) is 0 Å². The predicted molar refractivity (Wildman–Crippen MR) is 61.3 cm³/mol. The minimum absolute atomic E-state index is 0.0267. The normalized spacial score (nSPS) is 11.1. The summed E-state index contributed by atoms with van der Waals surface area (Å²) in [4.78, 5) is -0.469. The van der Waals surface area contributed by atoms with Crippen molar-refractivity contribution in [2.45, 2.75) is 4.90 Å². The number of halogens is 1. The van der Waals surface area contributed by atoms with E-state index in [-0.39, 0.29) is 5.75 Å². The topological polar surface area (TPSA) is 43.4 Å². The number of rotatable bonds is 3. The Morgan fingerprint density at radius 2 is 1.47 bits per heavy atom. The molecule has 0 bridgehead atoms. The van der Waals surface area contributed by atoms with Gasteiger partial charge < -0.3 is 4.74 Å². The highest BCUT2D eigenvalue weighted by molar-refractivity contribution is 7.86. The van der Waals surface area contributed by atoms with E-state index in [2.05, 4.69) is 0 Å². The Balaban J connectivity index is 2.41. The van der Waals surface area contributed by atoms with Gasteiger partial charge >= 0.3 is 10.2 Å². The first-order valence-electron chi connectivity index (χ1n) is 4.84. The van der Waals surface area contributed by atoms with Gasteiger partial charge in [0.05, 0.1) is 0 Å². The summed E-state index contributed by atoms with van der Waals surface area (Å²) in [5.74, 6) is 0.421. The smallest absolute Gasteiger partial charge is 0.335 e. The van der Waals surface area contributed by atoms with E-state index >= 15 is 0 Å². The molecule has 0 unspecified atom stereocenters. The van der Waals surface area contributed by atoms with Crippen LogP contribution in [0.1, 0.15) is 0 Å². The van der Waals surface area contributed by atoms with Gasteiger partial charge in [0.15, 0.2) is 0 Å². The van der Waals surface area contributed by atoms with Gasteiger partial charge in [-0.05, 0) is 24.3 Å². The van der Waals surface area contributed by atoms with Gasteiger partial charge in [0, 0.05) is 0 Å². The summed E-state index contributed by atoms with van der Waals surface area (Å²) in [5, 5.41) is 0. The first-order valence-corrected chi connectivity index (χ1v) is 6.22. The van der Waals surface area contributed by atoms with Crippen molar-refractivity contribution < 1.29 is 17.0 Å². The summed E-state index contributed by atoms with van der Waals surface area (Å²) in [5.41, 5.74) is 0. The van der Waals surface area contributed by atoms with Crippen molar-refractivity contribution >= 4 is 10.2 Å². The minimum atomic E-state index is -4.78. The third kappa shape index (κ3) is 2.82. The number of benzene rings is 2. The summed E-state index contributed by atoms with van der Waals surface area (Å²) in [6.07, 6.45) is 0. The lowest BCUT2D eigenvalue weighted by Crippen LogP contribution is -1.96. The average Bonchev–Trinajstić information content (AvgIpc) is 2.30. The molecular formula is C12H9FO3S. The minimum Gasteiger partial charge on any atom is -0.456 e. The lowest BCUT2D eigenvalue weighted by Gasteiger charge is -2.07. The van der Waals surface area contributed by atoms with E-state index in [9.17, 15) is 12.3 Å². The molecule has 0 atom stereocenters. The molecule has 0 aliphatic heterocycles. The molecule has 0 N–H and O–H groups in total. The molecule has 0 aromatic heterocycles. The van der Waals surface area contributed by atoms with Crippen LogP contribution < -0.4 is 4.74 Å². The molecule has 0 saturated carbocycles. The van der Waals surface area contributed by atoms with Crippen LogP contribution in [-0.2, 0) is 10.2 Å². The van der Waals surface area contributed by atoms with Crippen LogP contribution in [-0.4, -0.2) is 8.42 Å². The molecule has 0 saturated heterocycles. The first kappa shape index (κ1) is 11.6. The third-order valence-electron chi connectivity index (χ3n) is 2.08. The summed E-state index contributed by atoms with van der Waals surface area (Å²) < 4.78 is 40.1. The molecule has 3 nitrogen and oxygen atoms in total. The van der Waals surface area contributed by atoms with E-state index < -0.39 is 15.1 Å². The maximum Gasteiger partial charge on any atom is 0.335 e. The zero-order chi connectivity index (χ0) is 12.3. The fourth-order valence-corrected chi connectivity index (χ4v) is 1.94. The van der Waals surface area contributed by atoms with Crippen molar-refractivity contribution in [2.75, 3.05) is 0 Å². The quantitative estimate of drug-likeness (QED) is 0.788. The maximum atomic E-state index is 13.0. The highest BCUT2D eigenvalue weighted by atomic mass is 32.3. The molecular weight excluding hydrogens is 243 g/mol. The Bertz CT molecular complexity index is 609. The Labute approximate surface area is 98.7 Å². The van der Waals surface area contributed by atoms with Crippen molar-refractivity contribution in [1.82, 2.24) is 0 Å². The highest BCUT2D eigenvalue weighted by Gasteiger charge is 2.18. The van der Waals surface area contributed by atoms with Crippen LogP contribution in [0, 0.1) is 0 Å². The van der Waals surface area contributed by atoms with Gasteiger partial charge in [-0.15, -0.1) is 3.89 Å². The fourth-order valence-electron chi connectivity index (χ4n) is 1.35. The molecule has 5 heteroatoms. The lowest BCUT2D eigenvalue weighted by atomic mass is 10.3. The van der Waals surface area contributed by atoms with Gasteiger partial charge in [0.1, 0.15) is 16.4 Å². The Hall–Kier alpha value is -1.88. The predicted octanol–water partition coefficient (Wildman–Crippen LogP) is 3.14. The van der Waals surface area contributed by atoms with Crippen LogP contribution in [0.4, 0.5) is 3.89 Å². The van der Waals surface area contributed by atoms with Crippen LogP contribution >= 0.6 is 0 Å². The van der Waals surface area contributed by atoms with E-state index in [4.69, 9.17) is 4.74 Å². The second kappa shape index (κ2) is 4.55. The summed E-state index contributed by atoms with van der Waals surface area (Å²) in [6, 6.07) is 14.2. The summed E-state index contributed by atoms with van der Waals surface area (Å²) >= 11 is 0. The molecule has 2 aromatic carbocycles. The van der Waals surface area contributed by atoms with E-state index in [1.165, 1.54) is 12.1 Å². The van der Waals surface area contributed by atoms with Crippen molar-refractivity contribution in [3.8, 4) is 11.5 Å². The van der Waals surface area contributed by atoms with Crippen molar-refractivity contribution in [3.63, 3.8) is 0 Å². The molecule has 0 fully saturated rings. The highest BCUT2D eigenvalue weighted by Crippen LogP contribution is 2.29. The molecule has 0 aliphatic rings. The standard InChI is InChI=1S/C12H9FO3S/c13-17(14,15)12-9-5-4-8-11(12)16-10-6-2-1-3-7-10/h1-9H. The Morgan fingerprint density at radius 3 is 2.12 bits per heavy atom. The number of hydrogen-bond acceptors (Lipinski definition) is 3. The van der Waals surface area contributed by atoms with Crippen LogP contribution in [0.25, 0.3) is 0 Å². The van der Waals surface area contributed by atoms with Crippen LogP contribution in [0.2, 0.25) is 0 Å². The van der Waals surface area contributed by atoms with Crippen molar-refractivity contribution in [3.05, 3.63) is 54.6 Å². The molecule has 0 amide bonds. The number of hydrogen-bond donors (Lipinski definition) is 0. The van der Waals surface area contributed by atoms with Gasteiger partial charge in [-0.25, -0.2) is 0 Å². The van der Waals surface area contributed by atoms with Crippen molar-refractivity contribution in [2.24, 2.45) is 0 Å². The van der Waals surface area contributed by atoms with Crippen LogP contribution in [0.3, 0.4) is 0 Å². The van der Waals surface area contributed by atoms with Crippen molar-refractivity contribution in [1.29, 1.82) is 0 Å². The van der Waals surface area contributed by atoms with Crippen LogP contribution in [0.5, 0.6) is 11.5 Å². The Morgan fingerprint density at radius 1 is 0.882 bits per heavy atom. The molecule has 2 aromatic rings. The monoisotopic (exact) mass is 252 g/mol. The zero-order valence-electron chi connectivity index (χ0n) is 8.71. The molecule has 0 spiro atoms. The second-order valence-corrected chi connectivity index (χ2v) is 4.62. The lowest BCUT2D eigenvalue weighted by molar-refractivity contribution is 0.464. The summed E-state index contributed by atoms with van der Waals surface area (Å²) in [6.45, 7) is 0. The van der Waals surface area contributed by atoms with Gasteiger partial charge in [0.25, 0.3) is 0 Å². The molecule has 2 rings (SSSR count). The summed E-state index contributed by atoms with van der Waals surface area (Å²) in [7, 11) is -4.78. The van der Waals surface area contributed by atoms with E-state index in [0.29, 0.717) is 5.75 Å². The molecule has 88 valence electrons. The van der Waals surface area contributed by atoms with Gasteiger partial charge in [-0.2, -0.15) is 8.42 Å².